The molecule has 0 aliphatic heterocycles. The highest BCUT2D eigenvalue weighted by atomic mass is 16.5. The average molecular weight is 260 g/mol. The van der Waals surface area contributed by atoms with Crippen LogP contribution < -0.4 is 4.74 Å². The van der Waals surface area contributed by atoms with E-state index in [0.29, 0.717) is 11.3 Å². The number of ether oxygens (including phenoxy) is 1. The third-order valence-corrected chi connectivity index (χ3v) is 3.10. The zero-order valence-corrected chi connectivity index (χ0v) is 10.7. The molecule has 0 fully saturated rings. The van der Waals surface area contributed by atoms with Crippen LogP contribution in [-0.4, -0.2) is 5.11 Å². The zero-order valence-electron chi connectivity index (χ0n) is 10.7. The Labute approximate surface area is 117 Å². The second-order valence-electron chi connectivity index (χ2n) is 4.40. The predicted molar refractivity (Wildman–Crippen MR) is 80.1 cm³/mol. The van der Waals surface area contributed by atoms with Crippen LogP contribution in [0.2, 0.25) is 0 Å². The van der Waals surface area contributed by atoms with Crippen molar-refractivity contribution in [2.45, 2.75) is 0 Å². The molecule has 0 saturated carbocycles. The van der Waals surface area contributed by atoms with E-state index in [-0.39, 0.29) is 5.75 Å². The molecule has 0 unspecified atom stereocenters. The van der Waals surface area contributed by atoms with E-state index >= 15 is 0 Å². The first-order valence-electron chi connectivity index (χ1n) is 6.23. The van der Waals surface area contributed by atoms with Gasteiger partial charge in [0.25, 0.3) is 0 Å². The third kappa shape index (κ3) is 2.17. The van der Waals surface area contributed by atoms with Crippen molar-refractivity contribution in [1.29, 1.82) is 0 Å². The number of benzene rings is 3. The van der Waals surface area contributed by atoms with Crippen molar-refractivity contribution < 1.29 is 9.84 Å². The summed E-state index contributed by atoms with van der Waals surface area (Å²) in [6.45, 7) is 0. The van der Waals surface area contributed by atoms with Gasteiger partial charge in [0.15, 0.2) is 0 Å². The summed E-state index contributed by atoms with van der Waals surface area (Å²) < 4.78 is 5.84. The van der Waals surface area contributed by atoms with Crippen LogP contribution in [0.1, 0.15) is 5.56 Å². The van der Waals surface area contributed by atoms with Crippen LogP contribution in [0.5, 0.6) is 17.2 Å². The van der Waals surface area contributed by atoms with Gasteiger partial charge in [-0.3, -0.25) is 0 Å². The molecule has 0 atom stereocenters. The van der Waals surface area contributed by atoms with Gasteiger partial charge in [0, 0.05) is 11.5 Å². The van der Waals surface area contributed by atoms with Crippen LogP contribution in [0, 0.1) is 12.3 Å². The third-order valence-electron chi connectivity index (χ3n) is 3.10. The van der Waals surface area contributed by atoms with Gasteiger partial charge in [0.1, 0.15) is 17.2 Å². The van der Waals surface area contributed by atoms with Crippen molar-refractivity contribution in [1.82, 2.24) is 0 Å². The second-order valence-corrected chi connectivity index (χ2v) is 4.40. The molecule has 0 radical (unpaired) electrons. The highest BCUT2D eigenvalue weighted by Gasteiger charge is 2.05. The number of fused-ring (bicyclic) bond motifs is 1. The van der Waals surface area contributed by atoms with Crippen molar-refractivity contribution >= 4 is 10.8 Å². The first-order valence-corrected chi connectivity index (χ1v) is 6.23. The molecule has 0 spiro atoms. The Morgan fingerprint density at radius 3 is 2.55 bits per heavy atom. The molecule has 3 aromatic rings. The fourth-order valence-electron chi connectivity index (χ4n) is 2.11. The molecule has 1 N–H and O–H groups in total. The minimum absolute atomic E-state index is 0.0465. The highest BCUT2D eigenvalue weighted by Crippen LogP contribution is 2.31. The highest BCUT2D eigenvalue weighted by molar-refractivity contribution is 5.88. The van der Waals surface area contributed by atoms with E-state index in [2.05, 4.69) is 5.92 Å². The van der Waals surface area contributed by atoms with Gasteiger partial charge in [-0.15, -0.1) is 6.42 Å². The fraction of sp³-hybridized carbons (Fsp3) is 0. The summed E-state index contributed by atoms with van der Waals surface area (Å²) in [5.41, 5.74) is 0.454. The Hall–Kier alpha value is -2.92. The molecule has 0 aliphatic rings. The Morgan fingerprint density at radius 2 is 1.75 bits per heavy atom. The van der Waals surface area contributed by atoms with Crippen molar-refractivity contribution in [2.75, 3.05) is 0 Å². The molecule has 2 nitrogen and oxygen atoms in total. The Morgan fingerprint density at radius 1 is 0.950 bits per heavy atom. The molecular weight excluding hydrogens is 248 g/mol. The van der Waals surface area contributed by atoms with Crippen molar-refractivity contribution in [3.63, 3.8) is 0 Å². The fourth-order valence-corrected chi connectivity index (χ4v) is 2.11. The Balaban J connectivity index is 2.02. The van der Waals surface area contributed by atoms with E-state index in [1.807, 2.05) is 42.5 Å². The lowest BCUT2D eigenvalue weighted by Gasteiger charge is -2.09. The molecule has 0 bridgehead atoms. The molecule has 0 aliphatic carbocycles. The van der Waals surface area contributed by atoms with Crippen LogP contribution in [0.25, 0.3) is 10.8 Å². The van der Waals surface area contributed by atoms with Gasteiger partial charge < -0.3 is 9.84 Å². The first kappa shape index (κ1) is 12.1. The Bertz CT molecular complexity index is 808. The van der Waals surface area contributed by atoms with Crippen LogP contribution in [0.3, 0.4) is 0 Å². The Kier molecular flexibility index (Phi) is 3.02. The van der Waals surface area contributed by atoms with E-state index in [1.165, 1.54) is 6.07 Å². The monoisotopic (exact) mass is 260 g/mol. The molecule has 3 rings (SSSR count). The predicted octanol–water partition coefficient (Wildman–Crippen LogP) is 4.32. The number of phenolic OH excluding ortho intramolecular Hbond substituents is 1. The lowest BCUT2D eigenvalue weighted by molar-refractivity contribution is 0.456. The zero-order chi connectivity index (χ0) is 13.9. The minimum atomic E-state index is 0.0465. The average Bonchev–Trinajstić information content (AvgIpc) is 2.48. The molecule has 20 heavy (non-hydrogen) atoms. The molecule has 3 aromatic carbocycles. The van der Waals surface area contributed by atoms with E-state index < -0.39 is 0 Å². The summed E-state index contributed by atoms with van der Waals surface area (Å²) in [5, 5.41) is 11.9. The summed E-state index contributed by atoms with van der Waals surface area (Å²) in [6, 6.07) is 18.8. The van der Waals surface area contributed by atoms with Crippen LogP contribution in [0.15, 0.2) is 60.7 Å². The first-order chi connectivity index (χ1) is 9.78. The summed E-state index contributed by atoms with van der Waals surface area (Å²) >= 11 is 0. The molecule has 0 aromatic heterocycles. The normalized spacial score (nSPS) is 10.2. The summed E-state index contributed by atoms with van der Waals surface area (Å²) in [5.74, 6) is 3.76. The summed E-state index contributed by atoms with van der Waals surface area (Å²) in [4.78, 5) is 0. The lowest BCUT2D eigenvalue weighted by Crippen LogP contribution is -1.86. The van der Waals surface area contributed by atoms with E-state index in [4.69, 9.17) is 11.2 Å². The van der Waals surface area contributed by atoms with Gasteiger partial charge in [-0.05, 0) is 23.6 Å². The van der Waals surface area contributed by atoms with Gasteiger partial charge in [-0.25, -0.2) is 0 Å². The number of rotatable bonds is 2. The minimum Gasteiger partial charge on any atom is -0.507 e. The van der Waals surface area contributed by atoms with Crippen molar-refractivity contribution in [3.8, 4) is 29.6 Å². The van der Waals surface area contributed by atoms with Gasteiger partial charge in [0.05, 0.1) is 5.56 Å². The molecular formula is C18H12O2. The number of terminal acetylenes is 1. The van der Waals surface area contributed by atoms with Crippen LogP contribution in [-0.2, 0) is 0 Å². The van der Waals surface area contributed by atoms with Crippen molar-refractivity contribution in [3.05, 3.63) is 66.2 Å². The van der Waals surface area contributed by atoms with E-state index in [1.54, 1.807) is 12.1 Å². The largest absolute Gasteiger partial charge is 0.507 e. The van der Waals surface area contributed by atoms with E-state index in [9.17, 15) is 5.11 Å². The molecule has 2 heteroatoms. The molecule has 0 amide bonds. The quantitative estimate of drug-likeness (QED) is 0.695. The number of aromatic hydroxyl groups is 1. The molecule has 0 heterocycles. The van der Waals surface area contributed by atoms with Crippen molar-refractivity contribution in [2.24, 2.45) is 0 Å². The second kappa shape index (κ2) is 4.99. The van der Waals surface area contributed by atoms with Gasteiger partial charge in [-0.2, -0.15) is 0 Å². The summed E-state index contributed by atoms with van der Waals surface area (Å²) in [6.07, 6.45) is 5.28. The lowest BCUT2D eigenvalue weighted by atomic mass is 10.1. The number of hydrogen-bond acceptors (Lipinski definition) is 2. The smallest absolute Gasteiger partial charge is 0.135 e. The summed E-state index contributed by atoms with van der Waals surface area (Å²) in [7, 11) is 0. The van der Waals surface area contributed by atoms with Gasteiger partial charge in [-0.1, -0.05) is 42.3 Å². The maximum atomic E-state index is 9.76. The molecule has 0 saturated heterocycles. The topological polar surface area (TPSA) is 29.5 Å². The standard InChI is InChI=1S/C18H12O2/c1-2-13-10-11-15(12-17(13)19)20-18-9-5-7-14-6-3-4-8-16(14)18/h1,3-12,19H. The SMILES string of the molecule is C#Cc1ccc(Oc2cccc3ccccc23)cc1O. The van der Waals surface area contributed by atoms with E-state index in [0.717, 1.165) is 16.5 Å². The maximum Gasteiger partial charge on any atom is 0.135 e. The maximum absolute atomic E-state index is 9.76. The van der Waals surface area contributed by atoms with Crippen LogP contribution >= 0.6 is 0 Å². The number of hydrogen-bond donors (Lipinski definition) is 1. The van der Waals surface area contributed by atoms with Crippen LogP contribution in [0.4, 0.5) is 0 Å². The molecule has 96 valence electrons. The van der Waals surface area contributed by atoms with Gasteiger partial charge >= 0.3 is 0 Å². The van der Waals surface area contributed by atoms with Gasteiger partial charge in [0.2, 0.25) is 0 Å². The number of phenols is 1.